The highest BCUT2D eigenvalue weighted by Crippen LogP contribution is 2.28. The van der Waals surface area contributed by atoms with Crippen LogP contribution in [0.5, 0.6) is 0 Å². The normalized spacial score (nSPS) is 12.9. The van der Waals surface area contributed by atoms with E-state index >= 15 is 0 Å². The van der Waals surface area contributed by atoms with Crippen LogP contribution in [0.1, 0.15) is 42.9 Å². The van der Waals surface area contributed by atoms with Gasteiger partial charge in [0.25, 0.3) is 10.0 Å². The summed E-state index contributed by atoms with van der Waals surface area (Å²) in [6.45, 7) is 8.08. The molecular formula is C18H23NO2S. The molecule has 0 radical (unpaired) electrons. The van der Waals surface area contributed by atoms with E-state index in [0.29, 0.717) is 16.5 Å². The first-order valence-corrected chi connectivity index (χ1v) is 9.02. The SMILES string of the molecule is CC[C@H](C)c1ccccc1NS(=O)(=O)c1ccc(C)c(C)c1. The summed E-state index contributed by atoms with van der Waals surface area (Å²) in [5.74, 6) is 0.304. The van der Waals surface area contributed by atoms with Crippen molar-refractivity contribution in [1.29, 1.82) is 0 Å². The van der Waals surface area contributed by atoms with Gasteiger partial charge in [-0.15, -0.1) is 0 Å². The van der Waals surface area contributed by atoms with E-state index in [1.54, 1.807) is 12.1 Å². The third-order valence-corrected chi connectivity index (χ3v) is 5.50. The summed E-state index contributed by atoms with van der Waals surface area (Å²) in [4.78, 5) is 0.301. The Kier molecular flexibility index (Phi) is 4.91. The minimum Gasteiger partial charge on any atom is -0.279 e. The van der Waals surface area contributed by atoms with Crippen LogP contribution in [-0.2, 0) is 10.0 Å². The first-order chi connectivity index (χ1) is 10.3. The van der Waals surface area contributed by atoms with E-state index in [4.69, 9.17) is 0 Å². The Morgan fingerprint density at radius 2 is 1.73 bits per heavy atom. The maximum absolute atomic E-state index is 12.6. The van der Waals surface area contributed by atoms with Crippen LogP contribution in [0.15, 0.2) is 47.4 Å². The van der Waals surface area contributed by atoms with Gasteiger partial charge in [0.1, 0.15) is 0 Å². The van der Waals surface area contributed by atoms with Gasteiger partial charge < -0.3 is 0 Å². The van der Waals surface area contributed by atoms with Crippen molar-refractivity contribution < 1.29 is 8.42 Å². The Balaban J connectivity index is 2.39. The van der Waals surface area contributed by atoms with Gasteiger partial charge >= 0.3 is 0 Å². The molecule has 2 aromatic carbocycles. The number of sulfonamides is 1. The van der Waals surface area contributed by atoms with Gasteiger partial charge in [-0.05, 0) is 61.1 Å². The molecule has 0 aliphatic rings. The maximum Gasteiger partial charge on any atom is 0.261 e. The number of aryl methyl sites for hydroxylation is 2. The van der Waals surface area contributed by atoms with Gasteiger partial charge in [0.15, 0.2) is 0 Å². The molecular weight excluding hydrogens is 294 g/mol. The summed E-state index contributed by atoms with van der Waals surface area (Å²) in [5, 5.41) is 0. The lowest BCUT2D eigenvalue weighted by Crippen LogP contribution is -2.15. The highest BCUT2D eigenvalue weighted by Gasteiger charge is 2.17. The molecule has 1 N–H and O–H groups in total. The second kappa shape index (κ2) is 6.53. The van der Waals surface area contributed by atoms with E-state index in [2.05, 4.69) is 18.6 Å². The van der Waals surface area contributed by atoms with E-state index in [-0.39, 0.29) is 0 Å². The second-order valence-corrected chi connectivity index (χ2v) is 7.43. The number of nitrogens with one attached hydrogen (secondary N) is 1. The van der Waals surface area contributed by atoms with Crippen molar-refractivity contribution in [1.82, 2.24) is 0 Å². The molecule has 0 saturated heterocycles. The minimum atomic E-state index is -3.57. The fourth-order valence-electron chi connectivity index (χ4n) is 2.32. The average molecular weight is 317 g/mol. The molecule has 0 aliphatic carbocycles. The molecule has 4 heteroatoms. The van der Waals surface area contributed by atoms with Crippen LogP contribution in [0, 0.1) is 13.8 Å². The van der Waals surface area contributed by atoms with Gasteiger partial charge in [-0.1, -0.05) is 38.1 Å². The number of rotatable bonds is 5. The molecule has 2 aromatic rings. The third-order valence-electron chi connectivity index (χ3n) is 4.14. The Morgan fingerprint density at radius 3 is 2.36 bits per heavy atom. The Hall–Kier alpha value is -1.81. The highest BCUT2D eigenvalue weighted by molar-refractivity contribution is 7.92. The molecule has 22 heavy (non-hydrogen) atoms. The zero-order valence-corrected chi connectivity index (χ0v) is 14.4. The maximum atomic E-state index is 12.6. The highest BCUT2D eigenvalue weighted by atomic mass is 32.2. The molecule has 0 heterocycles. The first kappa shape index (κ1) is 16.6. The summed E-state index contributed by atoms with van der Waals surface area (Å²) in [5.41, 5.74) is 3.74. The van der Waals surface area contributed by atoms with Crippen molar-refractivity contribution >= 4 is 15.7 Å². The number of hydrogen-bond acceptors (Lipinski definition) is 2. The summed E-state index contributed by atoms with van der Waals surface area (Å²) in [7, 11) is -3.57. The lowest BCUT2D eigenvalue weighted by molar-refractivity contribution is 0.601. The van der Waals surface area contributed by atoms with Crippen LogP contribution in [0.4, 0.5) is 5.69 Å². The molecule has 118 valence electrons. The van der Waals surface area contributed by atoms with E-state index in [1.807, 2.05) is 44.2 Å². The fourth-order valence-corrected chi connectivity index (χ4v) is 3.50. The lowest BCUT2D eigenvalue weighted by atomic mass is 9.97. The first-order valence-electron chi connectivity index (χ1n) is 7.54. The lowest BCUT2D eigenvalue weighted by Gasteiger charge is -2.17. The largest absolute Gasteiger partial charge is 0.279 e. The summed E-state index contributed by atoms with van der Waals surface area (Å²) >= 11 is 0. The van der Waals surface area contributed by atoms with Crippen molar-refractivity contribution in [3.63, 3.8) is 0 Å². The monoisotopic (exact) mass is 317 g/mol. The quantitative estimate of drug-likeness (QED) is 0.874. The standard InChI is InChI=1S/C18H23NO2S/c1-5-13(2)17-8-6-7-9-18(17)19-22(20,21)16-11-10-14(3)15(4)12-16/h6-13,19H,5H2,1-4H3/t13-/m0/s1. The Labute approximate surface area is 133 Å². The van der Waals surface area contributed by atoms with Crippen molar-refractivity contribution in [3.05, 3.63) is 59.2 Å². The van der Waals surface area contributed by atoms with Crippen LogP contribution < -0.4 is 4.72 Å². The van der Waals surface area contributed by atoms with Crippen molar-refractivity contribution in [2.24, 2.45) is 0 Å². The zero-order valence-electron chi connectivity index (χ0n) is 13.6. The van der Waals surface area contributed by atoms with E-state index < -0.39 is 10.0 Å². The molecule has 0 unspecified atom stereocenters. The number of hydrogen-bond donors (Lipinski definition) is 1. The van der Waals surface area contributed by atoms with Crippen LogP contribution in [-0.4, -0.2) is 8.42 Å². The van der Waals surface area contributed by atoms with Crippen LogP contribution >= 0.6 is 0 Å². The van der Waals surface area contributed by atoms with Crippen molar-refractivity contribution in [2.45, 2.75) is 44.9 Å². The summed E-state index contributed by atoms with van der Waals surface area (Å²) in [6.07, 6.45) is 0.961. The fraction of sp³-hybridized carbons (Fsp3) is 0.333. The van der Waals surface area contributed by atoms with E-state index in [1.165, 1.54) is 0 Å². The molecule has 0 spiro atoms. The van der Waals surface area contributed by atoms with Gasteiger partial charge in [0.05, 0.1) is 10.6 Å². The number of para-hydroxylation sites is 1. The van der Waals surface area contributed by atoms with Crippen LogP contribution in [0.25, 0.3) is 0 Å². The molecule has 0 saturated carbocycles. The molecule has 0 aliphatic heterocycles. The molecule has 0 amide bonds. The van der Waals surface area contributed by atoms with Crippen molar-refractivity contribution in [3.8, 4) is 0 Å². The number of benzene rings is 2. The number of anilines is 1. The Bertz CT molecular complexity index is 766. The molecule has 2 rings (SSSR count). The predicted molar refractivity (Wildman–Crippen MR) is 91.9 cm³/mol. The molecule has 1 atom stereocenters. The topological polar surface area (TPSA) is 46.2 Å². The van der Waals surface area contributed by atoms with Crippen LogP contribution in [0.2, 0.25) is 0 Å². The average Bonchev–Trinajstić information content (AvgIpc) is 2.49. The molecule has 0 bridgehead atoms. The predicted octanol–water partition coefficient (Wildman–Crippen LogP) is 4.62. The minimum absolute atomic E-state index is 0.301. The van der Waals surface area contributed by atoms with E-state index in [0.717, 1.165) is 23.1 Å². The third kappa shape index (κ3) is 3.50. The smallest absolute Gasteiger partial charge is 0.261 e. The van der Waals surface area contributed by atoms with Gasteiger partial charge in [0, 0.05) is 0 Å². The summed E-state index contributed by atoms with van der Waals surface area (Å²) < 4.78 is 28.0. The summed E-state index contributed by atoms with van der Waals surface area (Å²) in [6, 6.07) is 12.8. The van der Waals surface area contributed by atoms with Gasteiger partial charge in [-0.2, -0.15) is 0 Å². The molecule has 0 fully saturated rings. The molecule has 3 nitrogen and oxygen atoms in total. The van der Waals surface area contributed by atoms with Crippen LogP contribution in [0.3, 0.4) is 0 Å². The second-order valence-electron chi connectivity index (χ2n) is 5.75. The Morgan fingerprint density at radius 1 is 1.05 bits per heavy atom. The van der Waals surface area contributed by atoms with E-state index in [9.17, 15) is 8.42 Å². The van der Waals surface area contributed by atoms with Gasteiger partial charge in [-0.25, -0.2) is 8.42 Å². The van der Waals surface area contributed by atoms with Crippen molar-refractivity contribution in [2.75, 3.05) is 4.72 Å². The zero-order chi connectivity index (χ0) is 16.3. The molecule has 0 aromatic heterocycles. The van der Waals surface area contributed by atoms with Gasteiger partial charge in [0.2, 0.25) is 0 Å². The van der Waals surface area contributed by atoms with Gasteiger partial charge in [-0.3, -0.25) is 4.72 Å².